The van der Waals surface area contributed by atoms with E-state index in [2.05, 4.69) is 63.2 Å². The zero-order chi connectivity index (χ0) is 29.6. The zero-order valence-electron chi connectivity index (χ0n) is 25.1. The van der Waals surface area contributed by atoms with Crippen LogP contribution in [0.4, 0.5) is 4.39 Å². The number of benzene rings is 3. The van der Waals surface area contributed by atoms with Crippen LogP contribution in [0.1, 0.15) is 75.6 Å². The molecule has 0 saturated carbocycles. The van der Waals surface area contributed by atoms with Gasteiger partial charge in [-0.15, -0.1) is 0 Å². The van der Waals surface area contributed by atoms with Crippen LogP contribution in [0.2, 0.25) is 0 Å². The molecule has 0 aliphatic heterocycles. The fraction of sp³-hybridized carbons (Fsp3) is 0.457. The minimum absolute atomic E-state index is 0.00986. The molecule has 0 heterocycles. The van der Waals surface area contributed by atoms with Crippen LogP contribution in [-0.2, 0) is 24.2 Å². The van der Waals surface area contributed by atoms with E-state index in [9.17, 15) is 9.18 Å². The van der Waals surface area contributed by atoms with E-state index >= 15 is 0 Å². The van der Waals surface area contributed by atoms with Gasteiger partial charge >= 0.3 is 0 Å². The molecule has 0 amide bonds. The molecule has 1 unspecified atom stereocenters. The van der Waals surface area contributed by atoms with Gasteiger partial charge in [-0.2, -0.15) is 0 Å². The van der Waals surface area contributed by atoms with Crippen molar-refractivity contribution in [1.29, 1.82) is 0 Å². The van der Waals surface area contributed by atoms with Gasteiger partial charge in [-0.3, -0.25) is 4.79 Å². The fourth-order valence-electron chi connectivity index (χ4n) is 4.24. The lowest BCUT2D eigenvalue weighted by molar-refractivity contribution is -0.125. The Morgan fingerprint density at radius 3 is 2.05 bits per heavy atom. The topological polar surface area (TPSA) is 55.8 Å². The van der Waals surface area contributed by atoms with Crippen LogP contribution in [0.25, 0.3) is 0 Å². The van der Waals surface area contributed by atoms with Crippen LogP contribution >= 0.6 is 0 Å². The van der Waals surface area contributed by atoms with Crippen LogP contribution in [0, 0.1) is 12.8 Å². The summed E-state index contributed by atoms with van der Waals surface area (Å²) in [5.41, 5.74) is 4.93. The van der Waals surface area contributed by atoms with Gasteiger partial charge in [0.1, 0.15) is 38.0 Å². The lowest BCUT2D eigenvalue weighted by Crippen LogP contribution is -2.16. The van der Waals surface area contributed by atoms with Crippen molar-refractivity contribution in [2.24, 2.45) is 5.92 Å². The number of rotatable bonds is 14. The molecule has 40 heavy (non-hydrogen) atoms. The predicted octanol–water partition coefficient (Wildman–Crippen LogP) is 8.50. The summed E-state index contributed by atoms with van der Waals surface area (Å²) in [6, 6.07) is 24.5. The first-order chi connectivity index (χ1) is 19.4. The maximum Gasteiger partial charge on any atom is 0.161 e. The highest BCUT2D eigenvalue weighted by atomic mass is 19.1. The van der Waals surface area contributed by atoms with Crippen molar-refractivity contribution in [2.45, 2.75) is 79.8 Å². The third-order valence-corrected chi connectivity index (χ3v) is 6.40. The molecule has 0 spiro atoms. The maximum atomic E-state index is 11.8. The molecular formula is C35H49FO4. The normalized spacial score (nSPS) is 10.9. The summed E-state index contributed by atoms with van der Waals surface area (Å²) >= 11 is 0. The van der Waals surface area contributed by atoms with Gasteiger partial charge in [0.2, 0.25) is 0 Å². The largest absolute Gasteiger partial charge is 0.491 e. The van der Waals surface area contributed by atoms with Crippen molar-refractivity contribution in [3.8, 4) is 11.5 Å². The second-order valence-electron chi connectivity index (χ2n) is 9.65. The summed E-state index contributed by atoms with van der Waals surface area (Å²) in [5.74, 6) is 1.90. The van der Waals surface area contributed by atoms with Gasteiger partial charge in [0, 0.05) is 5.92 Å². The van der Waals surface area contributed by atoms with Gasteiger partial charge in [0.15, 0.2) is 5.78 Å². The van der Waals surface area contributed by atoms with E-state index < -0.39 is 6.67 Å². The number of para-hydroxylation sites is 2. The molecule has 3 rings (SSSR count). The molecule has 220 valence electrons. The van der Waals surface area contributed by atoms with Gasteiger partial charge in [-0.25, -0.2) is 4.39 Å². The molecule has 4 nitrogen and oxygen atoms in total. The maximum absolute atomic E-state index is 11.8. The highest BCUT2D eigenvalue weighted by Gasteiger charge is 2.13. The summed E-state index contributed by atoms with van der Waals surface area (Å²) in [6.45, 7) is 10.4. The molecule has 0 aliphatic rings. The van der Waals surface area contributed by atoms with E-state index in [1.165, 1.54) is 16.7 Å². The quantitative estimate of drug-likeness (QED) is 0.218. The molecule has 0 fully saturated rings. The second kappa shape index (κ2) is 21.6. The van der Waals surface area contributed by atoms with Crippen LogP contribution in [-0.4, -0.2) is 30.8 Å². The van der Waals surface area contributed by atoms with Crippen molar-refractivity contribution in [2.75, 3.05) is 19.9 Å². The third-order valence-electron chi connectivity index (χ3n) is 6.40. The summed E-state index contributed by atoms with van der Waals surface area (Å²) in [5, 5.41) is 8.51. The number of aliphatic hydroxyl groups excluding tert-OH is 1. The Labute approximate surface area is 241 Å². The minimum atomic E-state index is -0.432. The Morgan fingerprint density at radius 1 is 0.850 bits per heavy atom. The van der Waals surface area contributed by atoms with E-state index in [1.807, 2.05) is 44.2 Å². The Balaban J connectivity index is 0.000000318. The van der Waals surface area contributed by atoms with E-state index in [-0.39, 0.29) is 24.9 Å². The molecule has 1 N–H and O–H groups in total. The first-order valence-corrected chi connectivity index (χ1v) is 14.6. The standard InChI is InChI=1S/C17H20O.C10H13FO.C8H16O2/c1-3-7-16-10-4-5-11-17(16)18-13-15-9-6-8-14(2)12-15;1-2-9-5-3-4-6-10(9)12-8-7-11;1-3-5-7(4-2)8(10)6-9/h4-6,8-12H,3,7,13H2,1-2H3;3-6H,2,7-8H2,1H3;7,9H,3-6H2,1-2H3. The average Bonchev–Trinajstić information content (AvgIpc) is 2.99. The molecule has 0 aromatic heterocycles. The molecule has 0 aliphatic carbocycles. The number of ketones is 1. The number of alkyl halides is 1. The molecular weight excluding hydrogens is 503 g/mol. The SMILES string of the molecule is CCCC(CC)C(=O)CO.CCCc1ccccc1OCc1cccc(C)c1.CCc1ccccc1OCCF. The lowest BCUT2D eigenvalue weighted by atomic mass is 9.96. The van der Waals surface area contributed by atoms with Crippen molar-refractivity contribution in [3.05, 3.63) is 95.1 Å². The fourth-order valence-corrected chi connectivity index (χ4v) is 4.24. The Bertz CT molecular complexity index is 1080. The molecule has 5 heteroatoms. The van der Waals surface area contributed by atoms with Gasteiger partial charge in [0.05, 0.1) is 0 Å². The predicted molar refractivity (Wildman–Crippen MR) is 164 cm³/mol. The number of ether oxygens (including phenoxy) is 2. The van der Waals surface area contributed by atoms with Gasteiger partial charge in [-0.1, -0.05) is 107 Å². The molecule has 1 atom stereocenters. The monoisotopic (exact) mass is 552 g/mol. The van der Waals surface area contributed by atoms with Crippen LogP contribution in [0.15, 0.2) is 72.8 Å². The highest BCUT2D eigenvalue weighted by Crippen LogP contribution is 2.21. The number of carbonyl (C=O) groups excluding carboxylic acids is 1. The first kappa shape index (κ1) is 34.8. The van der Waals surface area contributed by atoms with Crippen molar-refractivity contribution in [1.82, 2.24) is 0 Å². The van der Waals surface area contributed by atoms with Gasteiger partial charge in [-0.05, 0) is 61.4 Å². The average molecular weight is 553 g/mol. The first-order valence-electron chi connectivity index (χ1n) is 14.6. The highest BCUT2D eigenvalue weighted by molar-refractivity contribution is 5.81. The van der Waals surface area contributed by atoms with Crippen LogP contribution < -0.4 is 9.47 Å². The van der Waals surface area contributed by atoms with Gasteiger partial charge < -0.3 is 14.6 Å². The van der Waals surface area contributed by atoms with Gasteiger partial charge in [0.25, 0.3) is 0 Å². The second-order valence-corrected chi connectivity index (χ2v) is 9.65. The van der Waals surface area contributed by atoms with E-state index in [4.69, 9.17) is 14.6 Å². The lowest BCUT2D eigenvalue weighted by Gasteiger charge is -2.11. The van der Waals surface area contributed by atoms with Crippen molar-refractivity contribution < 1.29 is 23.8 Å². The minimum Gasteiger partial charge on any atom is -0.491 e. The Hall–Kier alpha value is -3.18. The van der Waals surface area contributed by atoms with Crippen molar-refractivity contribution >= 4 is 5.78 Å². The molecule has 0 radical (unpaired) electrons. The van der Waals surface area contributed by atoms with E-state index in [0.717, 1.165) is 55.6 Å². The summed E-state index contributed by atoms with van der Waals surface area (Å²) in [6.07, 6.45) is 5.92. The van der Waals surface area contributed by atoms with Crippen LogP contribution in [0.5, 0.6) is 11.5 Å². The number of hydrogen-bond acceptors (Lipinski definition) is 4. The zero-order valence-corrected chi connectivity index (χ0v) is 25.1. The molecule has 3 aromatic carbocycles. The van der Waals surface area contributed by atoms with Crippen molar-refractivity contribution in [3.63, 3.8) is 0 Å². The van der Waals surface area contributed by atoms with Crippen LogP contribution in [0.3, 0.4) is 0 Å². The number of halogens is 1. The number of carbonyl (C=O) groups is 1. The number of aliphatic hydroxyl groups is 1. The third kappa shape index (κ3) is 13.7. The molecule has 0 saturated heterocycles. The van der Waals surface area contributed by atoms with E-state index in [1.54, 1.807) is 0 Å². The smallest absolute Gasteiger partial charge is 0.161 e. The van der Waals surface area contributed by atoms with E-state index in [0.29, 0.717) is 6.61 Å². The number of hydrogen-bond donors (Lipinski definition) is 1. The molecule has 3 aromatic rings. The number of aryl methyl sites for hydroxylation is 3. The summed E-state index contributed by atoms with van der Waals surface area (Å²) in [7, 11) is 0. The number of Topliss-reactive ketones (excluding diaryl/α,β-unsaturated/α-hetero) is 1. The summed E-state index contributed by atoms with van der Waals surface area (Å²) in [4.78, 5) is 10.9. The molecule has 0 bridgehead atoms. The summed E-state index contributed by atoms with van der Waals surface area (Å²) < 4.78 is 22.9. The Morgan fingerprint density at radius 2 is 1.50 bits per heavy atom. The Kier molecular flexibility index (Phi) is 18.8.